The maximum Gasteiger partial charge on any atom is 0.318 e. The summed E-state index contributed by atoms with van der Waals surface area (Å²) < 4.78 is 0. The fourth-order valence-corrected chi connectivity index (χ4v) is 1.81. The van der Waals surface area contributed by atoms with Gasteiger partial charge in [0, 0.05) is 13.1 Å². The first-order chi connectivity index (χ1) is 10.2. The SMILES string of the molecule is O=C(NCc1ccccc1)NC(O)NCc1ccccc1. The third-order valence-corrected chi connectivity index (χ3v) is 2.91. The molecule has 5 heteroatoms. The Morgan fingerprint density at radius 1 is 0.905 bits per heavy atom. The molecule has 0 spiro atoms. The molecule has 1 unspecified atom stereocenters. The summed E-state index contributed by atoms with van der Waals surface area (Å²) in [7, 11) is 0. The van der Waals surface area contributed by atoms with Gasteiger partial charge < -0.3 is 10.4 Å². The highest BCUT2D eigenvalue weighted by Gasteiger charge is 2.07. The molecule has 0 aliphatic rings. The monoisotopic (exact) mass is 285 g/mol. The van der Waals surface area contributed by atoms with Gasteiger partial charge in [0.1, 0.15) is 0 Å². The average Bonchev–Trinajstić information content (AvgIpc) is 2.53. The van der Waals surface area contributed by atoms with E-state index in [1.165, 1.54) is 0 Å². The van der Waals surface area contributed by atoms with Crippen molar-refractivity contribution in [1.29, 1.82) is 0 Å². The Hall–Kier alpha value is -2.37. The molecule has 2 aromatic carbocycles. The van der Waals surface area contributed by atoms with Crippen molar-refractivity contribution in [3.8, 4) is 0 Å². The minimum absolute atomic E-state index is 0.415. The summed E-state index contributed by atoms with van der Waals surface area (Å²) in [5, 5.41) is 17.6. The van der Waals surface area contributed by atoms with E-state index in [9.17, 15) is 9.90 Å². The number of hydrogen-bond acceptors (Lipinski definition) is 3. The predicted molar refractivity (Wildman–Crippen MR) is 81.1 cm³/mol. The van der Waals surface area contributed by atoms with Crippen molar-refractivity contribution in [3.05, 3.63) is 71.8 Å². The molecule has 2 amide bonds. The third-order valence-electron chi connectivity index (χ3n) is 2.91. The van der Waals surface area contributed by atoms with Crippen molar-refractivity contribution in [2.45, 2.75) is 19.4 Å². The molecule has 21 heavy (non-hydrogen) atoms. The summed E-state index contributed by atoms with van der Waals surface area (Å²) in [5.74, 6) is 0. The van der Waals surface area contributed by atoms with E-state index in [-0.39, 0.29) is 0 Å². The van der Waals surface area contributed by atoms with Crippen molar-refractivity contribution in [3.63, 3.8) is 0 Å². The lowest BCUT2D eigenvalue weighted by Crippen LogP contribution is -2.48. The van der Waals surface area contributed by atoms with Crippen molar-refractivity contribution in [2.75, 3.05) is 0 Å². The molecule has 4 N–H and O–H groups in total. The first-order valence-electron chi connectivity index (χ1n) is 6.78. The van der Waals surface area contributed by atoms with Gasteiger partial charge in [0.25, 0.3) is 0 Å². The largest absolute Gasteiger partial charge is 0.361 e. The standard InChI is InChI=1S/C16H19N3O2/c20-15(17-11-13-7-3-1-4-8-13)19-16(21)18-12-14-9-5-2-6-10-14/h1-10,15,17,20H,11-12H2,(H2,18,19,21). The van der Waals surface area contributed by atoms with E-state index in [2.05, 4.69) is 16.0 Å². The number of nitrogens with one attached hydrogen (secondary N) is 3. The maximum atomic E-state index is 11.6. The summed E-state index contributed by atoms with van der Waals surface area (Å²) in [6.45, 7) is 0.888. The molecule has 2 rings (SSSR count). The molecule has 0 aliphatic carbocycles. The van der Waals surface area contributed by atoms with Crippen molar-refractivity contribution < 1.29 is 9.90 Å². The minimum atomic E-state index is -1.10. The van der Waals surface area contributed by atoms with Gasteiger partial charge in [-0.1, -0.05) is 60.7 Å². The van der Waals surface area contributed by atoms with Crippen LogP contribution in [0.1, 0.15) is 11.1 Å². The molecular weight excluding hydrogens is 266 g/mol. The van der Waals surface area contributed by atoms with Crippen LogP contribution in [0.4, 0.5) is 4.79 Å². The quantitative estimate of drug-likeness (QED) is 0.608. The number of aliphatic hydroxyl groups is 1. The van der Waals surface area contributed by atoms with Crippen molar-refractivity contribution in [1.82, 2.24) is 16.0 Å². The summed E-state index contributed by atoms with van der Waals surface area (Å²) in [6, 6.07) is 18.8. The molecule has 0 saturated heterocycles. The molecular formula is C16H19N3O2. The molecule has 110 valence electrons. The number of rotatable bonds is 6. The van der Waals surface area contributed by atoms with Gasteiger partial charge in [-0.05, 0) is 11.1 Å². The van der Waals surface area contributed by atoms with E-state index in [1.54, 1.807) is 0 Å². The normalized spacial score (nSPS) is 11.7. The van der Waals surface area contributed by atoms with Gasteiger partial charge in [0.05, 0.1) is 0 Å². The van der Waals surface area contributed by atoms with Gasteiger partial charge in [-0.2, -0.15) is 0 Å². The molecule has 0 bridgehead atoms. The van der Waals surface area contributed by atoms with Crippen LogP contribution >= 0.6 is 0 Å². The molecule has 5 nitrogen and oxygen atoms in total. The van der Waals surface area contributed by atoms with Gasteiger partial charge in [-0.3, -0.25) is 10.6 Å². The summed E-state index contributed by atoms with van der Waals surface area (Å²) in [6.07, 6.45) is -1.10. The number of carbonyl (C=O) groups is 1. The lowest BCUT2D eigenvalue weighted by Gasteiger charge is -2.15. The highest BCUT2D eigenvalue weighted by atomic mass is 16.3. The van der Waals surface area contributed by atoms with Crippen LogP contribution in [0.5, 0.6) is 0 Å². The van der Waals surface area contributed by atoms with Crippen LogP contribution in [0.25, 0.3) is 0 Å². The van der Waals surface area contributed by atoms with E-state index in [0.29, 0.717) is 13.1 Å². The lowest BCUT2D eigenvalue weighted by molar-refractivity contribution is 0.107. The van der Waals surface area contributed by atoms with Gasteiger partial charge in [0.2, 0.25) is 0 Å². The number of urea groups is 1. The number of aliphatic hydroxyl groups excluding tert-OH is 1. The van der Waals surface area contributed by atoms with Gasteiger partial charge in [0.15, 0.2) is 6.35 Å². The topological polar surface area (TPSA) is 73.4 Å². The zero-order valence-electron chi connectivity index (χ0n) is 11.6. The zero-order valence-corrected chi connectivity index (χ0v) is 11.6. The first-order valence-corrected chi connectivity index (χ1v) is 6.78. The Morgan fingerprint density at radius 2 is 1.43 bits per heavy atom. The van der Waals surface area contributed by atoms with E-state index in [1.807, 2.05) is 60.7 Å². The molecule has 2 aromatic rings. The molecule has 0 fully saturated rings. The van der Waals surface area contributed by atoms with Crippen LogP contribution in [0, 0.1) is 0 Å². The van der Waals surface area contributed by atoms with Crippen LogP contribution in [0.15, 0.2) is 60.7 Å². The van der Waals surface area contributed by atoms with Gasteiger partial charge in [-0.25, -0.2) is 4.79 Å². The smallest absolute Gasteiger partial charge is 0.318 e. The van der Waals surface area contributed by atoms with Crippen molar-refractivity contribution in [2.24, 2.45) is 0 Å². The second-order valence-electron chi connectivity index (χ2n) is 4.58. The van der Waals surface area contributed by atoms with E-state index in [0.717, 1.165) is 11.1 Å². The number of carbonyl (C=O) groups excluding carboxylic acids is 1. The minimum Gasteiger partial charge on any atom is -0.361 e. The highest BCUT2D eigenvalue weighted by molar-refractivity contribution is 5.73. The Balaban J connectivity index is 1.67. The summed E-state index contributed by atoms with van der Waals surface area (Å²) >= 11 is 0. The van der Waals surface area contributed by atoms with E-state index >= 15 is 0 Å². The average molecular weight is 285 g/mol. The van der Waals surface area contributed by atoms with Crippen LogP contribution in [-0.2, 0) is 13.1 Å². The molecule has 0 radical (unpaired) electrons. The number of amides is 2. The third kappa shape index (κ3) is 5.64. The van der Waals surface area contributed by atoms with Gasteiger partial charge in [-0.15, -0.1) is 0 Å². The van der Waals surface area contributed by atoms with E-state index < -0.39 is 12.4 Å². The number of hydrogen-bond donors (Lipinski definition) is 4. The molecule has 0 saturated carbocycles. The molecule has 0 heterocycles. The Morgan fingerprint density at radius 3 is 2.00 bits per heavy atom. The van der Waals surface area contributed by atoms with Crippen LogP contribution < -0.4 is 16.0 Å². The maximum absolute atomic E-state index is 11.6. The Bertz CT molecular complexity index is 546. The van der Waals surface area contributed by atoms with Crippen LogP contribution in [0.3, 0.4) is 0 Å². The molecule has 0 aromatic heterocycles. The Labute approximate surface area is 124 Å². The summed E-state index contributed by atoms with van der Waals surface area (Å²) in [5.41, 5.74) is 2.03. The van der Waals surface area contributed by atoms with Crippen molar-refractivity contribution >= 4 is 6.03 Å². The molecule has 0 aliphatic heterocycles. The first kappa shape index (κ1) is 15.0. The van der Waals surface area contributed by atoms with Crippen LogP contribution in [0.2, 0.25) is 0 Å². The fourth-order valence-electron chi connectivity index (χ4n) is 1.81. The van der Waals surface area contributed by atoms with Crippen LogP contribution in [-0.4, -0.2) is 17.5 Å². The highest BCUT2D eigenvalue weighted by Crippen LogP contribution is 1.98. The summed E-state index contributed by atoms with van der Waals surface area (Å²) in [4.78, 5) is 11.6. The fraction of sp³-hybridized carbons (Fsp3) is 0.188. The second kappa shape index (κ2) is 8.04. The predicted octanol–water partition coefficient (Wildman–Crippen LogP) is 1.55. The number of benzene rings is 2. The lowest BCUT2D eigenvalue weighted by atomic mass is 10.2. The van der Waals surface area contributed by atoms with E-state index in [4.69, 9.17) is 0 Å². The zero-order chi connectivity index (χ0) is 14.9. The second-order valence-corrected chi connectivity index (χ2v) is 4.58. The Kier molecular flexibility index (Phi) is 5.75. The van der Waals surface area contributed by atoms with Gasteiger partial charge >= 0.3 is 6.03 Å². The molecule has 1 atom stereocenters.